The van der Waals surface area contributed by atoms with Crippen LogP contribution < -0.4 is 10.9 Å². The molecule has 1 fully saturated rings. The minimum Gasteiger partial charge on any atom is -0.366 e. The number of anilines is 1. The van der Waals surface area contributed by atoms with Crippen LogP contribution in [0.25, 0.3) is 5.65 Å². The highest BCUT2D eigenvalue weighted by molar-refractivity contribution is 5.44. The monoisotopic (exact) mass is 325 g/mol. The third-order valence-electron chi connectivity index (χ3n) is 4.56. The Morgan fingerprint density at radius 3 is 2.75 bits per heavy atom. The van der Waals surface area contributed by atoms with Crippen molar-refractivity contribution in [3.05, 3.63) is 46.6 Å². The van der Waals surface area contributed by atoms with Crippen molar-refractivity contribution < 1.29 is 0 Å². The van der Waals surface area contributed by atoms with Crippen molar-refractivity contribution in [2.45, 2.75) is 44.7 Å². The zero-order chi connectivity index (χ0) is 16.5. The Bertz CT molecular complexity index is 908. The van der Waals surface area contributed by atoms with Crippen LogP contribution >= 0.6 is 0 Å². The molecule has 0 atom stereocenters. The van der Waals surface area contributed by atoms with Crippen LogP contribution in [0, 0.1) is 6.92 Å². The molecule has 8 heteroatoms. The molecule has 0 unspecified atom stereocenters. The molecule has 0 bridgehead atoms. The van der Waals surface area contributed by atoms with Crippen molar-refractivity contribution in [1.82, 2.24) is 29.6 Å². The summed E-state index contributed by atoms with van der Waals surface area (Å²) in [5.41, 5.74) is 0.723. The molecule has 3 heterocycles. The molecular weight excluding hydrogens is 306 g/mol. The zero-order valence-electron chi connectivity index (χ0n) is 13.5. The molecule has 3 aromatic rings. The van der Waals surface area contributed by atoms with Crippen LogP contribution in [0.5, 0.6) is 0 Å². The van der Waals surface area contributed by atoms with Gasteiger partial charge in [0.15, 0.2) is 11.5 Å². The van der Waals surface area contributed by atoms with E-state index in [0.29, 0.717) is 6.04 Å². The summed E-state index contributed by atoms with van der Waals surface area (Å²) in [5, 5.41) is 20.3. The Labute approximate surface area is 138 Å². The first kappa shape index (κ1) is 14.8. The van der Waals surface area contributed by atoms with Crippen molar-refractivity contribution in [1.29, 1.82) is 0 Å². The van der Waals surface area contributed by atoms with Gasteiger partial charge >= 0.3 is 0 Å². The van der Waals surface area contributed by atoms with Crippen LogP contribution in [0.1, 0.15) is 37.5 Å². The maximum Gasteiger partial charge on any atom is 0.266 e. The number of fused-ring (bicyclic) bond motifs is 1. The first-order valence-corrected chi connectivity index (χ1v) is 8.20. The number of rotatable bonds is 3. The van der Waals surface area contributed by atoms with Gasteiger partial charge in [0.1, 0.15) is 5.82 Å². The molecule has 1 N–H and O–H groups in total. The van der Waals surface area contributed by atoms with Crippen LogP contribution in [0.15, 0.2) is 35.3 Å². The van der Waals surface area contributed by atoms with Gasteiger partial charge < -0.3 is 5.32 Å². The van der Waals surface area contributed by atoms with Gasteiger partial charge in [-0.1, -0.05) is 0 Å². The molecule has 3 aromatic heterocycles. The molecular formula is C16H19N7O. The van der Waals surface area contributed by atoms with Crippen molar-refractivity contribution in [2.24, 2.45) is 0 Å². The zero-order valence-corrected chi connectivity index (χ0v) is 13.5. The largest absolute Gasteiger partial charge is 0.366 e. The van der Waals surface area contributed by atoms with E-state index in [4.69, 9.17) is 0 Å². The molecule has 0 spiro atoms. The van der Waals surface area contributed by atoms with Crippen LogP contribution in [0.4, 0.5) is 5.82 Å². The highest BCUT2D eigenvalue weighted by atomic mass is 16.1. The van der Waals surface area contributed by atoms with E-state index in [2.05, 4.69) is 25.7 Å². The maximum atomic E-state index is 11.9. The molecule has 4 rings (SSSR count). The van der Waals surface area contributed by atoms with E-state index >= 15 is 0 Å². The summed E-state index contributed by atoms with van der Waals surface area (Å²) < 4.78 is 3.35. The number of hydrogen-bond acceptors (Lipinski definition) is 6. The number of nitrogens with one attached hydrogen (secondary N) is 1. The van der Waals surface area contributed by atoms with Crippen LogP contribution in [-0.2, 0) is 0 Å². The Hall–Kier alpha value is -2.77. The molecule has 0 aromatic carbocycles. The standard InChI is InChI=1S/C16H19N7O/c1-11-19-20-15-9-8-14(21-22(11)15)18-12-4-6-13(7-5-12)23-16(24)3-2-10-17-23/h2-3,8-10,12-13H,4-7H2,1H3,(H,18,21). The fourth-order valence-corrected chi connectivity index (χ4v) is 3.29. The lowest BCUT2D eigenvalue weighted by Crippen LogP contribution is -2.33. The Kier molecular flexibility index (Phi) is 3.72. The lowest BCUT2D eigenvalue weighted by Gasteiger charge is -2.29. The summed E-state index contributed by atoms with van der Waals surface area (Å²) in [5.74, 6) is 1.59. The molecule has 124 valence electrons. The first-order chi connectivity index (χ1) is 11.7. The van der Waals surface area contributed by atoms with E-state index in [0.717, 1.165) is 43.0 Å². The van der Waals surface area contributed by atoms with Gasteiger partial charge in [0.25, 0.3) is 5.56 Å². The van der Waals surface area contributed by atoms with Gasteiger partial charge in [0, 0.05) is 18.3 Å². The van der Waals surface area contributed by atoms with Crippen molar-refractivity contribution in [2.75, 3.05) is 5.32 Å². The summed E-state index contributed by atoms with van der Waals surface area (Å²) in [6, 6.07) is 7.63. The molecule has 24 heavy (non-hydrogen) atoms. The number of nitrogens with zero attached hydrogens (tertiary/aromatic N) is 6. The smallest absolute Gasteiger partial charge is 0.266 e. The minimum atomic E-state index is -0.0240. The van der Waals surface area contributed by atoms with Gasteiger partial charge in [0.05, 0.1) is 6.04 Å². The molecule has 1 saturated carbocycles. The van der Waals surface area contributed by atoms with E-state index in [-0.39, 0.29) is 11.6 Å². The lowest BCUT2D eigenvalue weighted by atomic mass is 9.91. The third kappa shape index (κ3) is 2.75. The average molecular weight is 325 g/mol. The highest BCUT2D eigenvalue weighted by Crippen LogP contribution is 2.28. The summed E-state index contributed by atoms with van der Waals surface area (Å²) >= 11 is 0. The van der Waals surface area contributed by atoms with E-state index in [1.165, 1.54) is 0 Å². The molecule has 1 aliphatic rings. The predicted molar refractivity (Wildman–Crippen MR) is 88.9 cm³/mol. The van der Waals surface area contributed by atoms with Crippen LogP contribution in [0.2, 0.25) is 0 Å². The van der Waals surface area contributed by atoms with Gasteiger partial charge in [-0.3, -0.25) is 4.79 Å². The Balaban J connectivity index is 1.43. The van der Waals surface area contributed by atoms with Gasteiger partial charge in [-0.25, -0.2) is 4.68 Å². The molecule has 0 aliphatic heterocycles. The summed E-state index contributed by atoms with van der Waals surface area (Å²) in [6.07, 6.45) is 5.50. The first-order valence-electron chi connectivity index (χ1n) is 8.20. The molecule has 8 nitrogen and oxygen atoms in total. The number of hydrogen-bond donors (Lipinski definition) is 1. The van der Waals surface area contributed by atoms with Crippen LogP contribution in [-0.4, -0.2) is 35.6 Å². The quantitative estimate of drug-likeness (QED) is 0.786. The van der Waals surface area contributed by atoms with Crippen LogP contribution in [0.3, 0.4) is 0 Å². The van der Waals surface area contributed by atoms with Crippen molar-refractivity contribution in [3.8, 4) is 0 Å². The van der Waals surface area contributed by atoms with Gasteiger partial charge in [-0.05, 0) is 50.8 Å². The minimum absolute atomic E-state index is 0.0240. The Morgan fingerprint density at radius 1 is 1.12 bits per heavy atom. The SMILES string of the molecule is Cc1nnc2ccc(NC3CCC(n4ncccc4=O)CC3)nn12. The van der Waals surface area contributed by atoms with Gasteiger partial charge in [0.2, 0.25) is 0 Å². The molecule has 0 radical (unpaired) electrons. The topological polar surface area (TPSA) is 90.0 Å². The fraction of sp³-hybridized carbons (Fsp3) is 0.438. The third-order valence-corrected chi connectivity index (χ3v) is 4.56. The maximum absolute atomic E-state index is 11.9. The predicted octanol–water partition coefficient (Wildman–Crippen LogP) is 1.59. The lowest BCUT2D eigenvalue weighted by molar-refractivity contribution is 0.303. The highest BCUT2D eigenvalue weighted by Gasteiger charge is 2.23. The second-order valence-electron chi connectivity index (χ2n) is 6.19. The summed E-state index contributed by atoms with van der Waals surface area (Å²) in [4.78, 5) is 11.9. The second kappa shape index (κ2) is 6.03. The van der Waals surface area contributed by atoms with E-state index in [1.807, 2.05) is 19.1 Å². The second-order valence-corrected chi connectivity index (χ2v) is 6.19. The summed E-state index contributed by atoms with van der Waals surface area (Å²) in [6.45, 7) is 1.88. The summed E-state index contributed by atoms with van der Waals surface area (Å²) in [7, 11) is 0. The van der Waals surface area contributed by atoms with Crippen molar-refractivity contribution >= 4 is 11.5 Å². The van der Waals surface area contributed by atoms with E-state index in [9.17, 15) is 4.79 Å². The van der Waals surface area contributed by atoms with Gasteiger partial charge in [-0.2, -0.15) is 9.61 Å². The molecule has 0 amide bonds. The van der Waals surface area contributed by atoms with Crippen molar-refractivity contribution in [3.63, 3.8) is 0 Å². The normalized spacial score (nSPS) is 21.0. The average Bonchev–Trinajstić information content (AvgIpc) is 2.97. The fourth-order valence-electron chi connectivity index (χ4n) is 3.29. The van der Waals surface area contributed by atoms with Gasteiger partial charge in [-0.15, -0.1) is 15.3 Å². The Morgan fingerprint density at radius 2 is 1.96 bits per heavy atom. The van der Waals surface area contributed by atoms with E-state index in [1.54, 1.807) is 27.5 Å². The number of aryl methyl sites for hydroxylation is 1. The van der Waals surface area contributed by atoms with E-state index < -0.39 is 0 Å². The molecule has 0 saturated heterocycles. The number of aromatic nitrogens is 6. The molecule has 1 aliphatic carbocycles.